The van der Waals surface area contributed by atoms with Gasteiger partial charge in [0, 0.05) is 19.5 Å². The number of piperidine rings is 1. The van der Waals surface area contributed by atoms with Crippen LogP contribution in [0.2, 0.25) is 0 Å². The quantitative estimate of drug-likeness (QED) is 0.857. The zero-order valence-corrected chi connectivity index (χ0v) is 14.3. The van der Waals surface area contributed by atoms with Crippen LogP contribution in [-0.2, 0) is 15.1 Å². The lowest BCUT2D eigenvalue weighted by Gasteiger charge is -2.37. The fourth-order valence-electron chi connectivity index (χ4n) is 3.07. The van der Waals surface area contributed by atoms with Crippen molar-refractivity contribution < 1.29 is 9.59 Å². The van der Waals surface area contributed by atoms with Gasteiger partial charge in [-0.15, -0.1) is 12.4 Å². The number of hydrogen-bond donors (Lipinski definition) is 2. The Morgan fingerprint density at radius 2 is 1.96 bits per heavy atom. The number of hydrogen-bond acceptors (Lipinski definition) is 3. The molecule has 2 rings (SSSR count). The molecule has 2 amide bonds. The SMILES string of the molecule is CC(N)(C(=O)N1CCCC(CCC(N)=O)C1)c1ccccc1.Cl. The Kier molecular flexibility index (Phi) is 7.03. The standard InChI is InChI=1S/C17H25N3O2.ClH/c1-17(19,14-7-3-2-4-8-14)16(22)20-11-5-6-13(12-20)9-10-15(18)21;/h2-4,7-8,13H,5-6,9-12,19H2,1H3,(H2,18,21);1H. The molecular formula is C17H26ClN3O2. The molecule has 4 N–H and O–H groups in total. The van der Waals surface area contributed by atoms with Crippen molar-refractivity contribution in [2.75, 3.05) is 13.1 Å². The first-order chi connectivity index (χ1) is 10.4. The van der Waals surface area contributed by atoms with E-state index >= 15 is 0 Å². The Labute approximate surface area is 143 Å². The second-order valence-electron chi connectivity index (χ2n) is 6.33. The maximum absolute atomic E-state index is 12.8. The minimum Gasteiger partial charge on any atom is -0.370 e. The molecule has 0 aliphatic carbocycles. The molecule has 128 valence electrons. The molecule has 0 saturated carbocycles. The van der Waals surface area contributed by atoms with Gasteiger partial charge in [-0.3, -0.25) is 9.59 Å². The van der Waals surface area contributed by atoms with Gasteiger partial charge in [0.25, 0.3) is 0 Å². The van der Waals surface area contributed by atoms with E-state index in [2.05, 4.69) is 0 Å². The largest absolute Gasteiger partial charge is 0.370 e. The van der Waals surface area contributed by atoms with Crippen molar-refractivity contribution in [3.63, 3.8) is 0 Å². The molecule has 1 aromatic carbocycles. The second-order valence-corrected chi connectivity index (χ2v) is 6.33. The Bertz CT molecular complexity index is 534. The van der Waals surface area contributed by atoms with Crippen molar-refractivity contribution in [3.05, 3.63) is 35.9 Å². The predicted octanol–water partition coefficient (Wildman–Crippen LogP) is 1.79. The summed E-state index contributed by atoms with van der Waals surface area (Å²) < 4.78 is 0. The van der Waals surface area contributed by atoms with E-state index < -0.39 is 5.54 Å². The number of benzene rings is 1. The van der Waals surface area contributed by atoms with Gasteiger partial charge >= 0.3 is 0 Å². The summed E-state index contributed by atoms with van der Waals surface area (Å²) in [5.41, 5.74) is 11.3. The Hall–Kier alpha value is -1.59. The predicted molar refractivity (Wildman–Crippen MR) is 93.0 cm³/mol. The van der Waals surface area contributed by atoms with E-state index in [1.54, 1.807) is 6.92 Å². The number of halogens is 1. The highest BCUT2D eigenvalue weighted by atomic mass is 35.5. The fourth-order valence-corrected chi connectivity index (χ4v) is 3.07. The van der Waals surface area contributed by atoms with Gasteiger partial charge in [0.2, 0.25) is 11.8 Å². The molecule has 1 aromatic rings. The van der Waals surface area contributed by atoms with Gasteiger partial charge < -0.3 is 16.4 Å². The summed E-state index contributed by atoms with van der Waals surface area (Å²) in [7, 11) is 0. The average Bonchev–Trinajstić information content (AvgIpc) is 2.53. The van der Waals surface area contributed by atoms with E-state index in [0.717, 1.165) is 31.4 Å². The zero-order chi connectivity index (χ0) is 16.2. The van der Waals surface area contributed by atoms with Gasteiger partial charge in [0.1, 0.15) is 5.54 Å². The van der Waals surface area contributed by atoms with E-state index in [1.807, 2.05) is 35.2 Å². The number of carbonyl (C=O) groups excluding carboxylic acids is 2. The minimum absolute atomic E-state index is 0. The molecule has 1 saturated heterocycles. The van der Waals surface area contributed by atoms with Crippen molar-refractivity contribution >= 4 is 24.2 Å². The average molecular weight is 340 g/mol. The van der Waals surface area contributed by atoms with Crippen LogP contribution in [0.5, 0.6) is 0 Å². The van der Waals surface area contributed by atoms with Crippen molar-refractivity contribution in [1.82, 2.24) is 4.90 Å². The summed E-state index contributed by atoms with van der Waals surface area (Å²) in [6, 6.07) is 9.45. The third kappa shape index (κ3) is 4.94. The van der Waals surface area contributed by atoms with E-state index in [4.69, 9.17) is 11.5 Å². The normalized spacial score (nSPS) is 20.3. The molecule has 1 aliphatic heterocycles. The maximum Gasteiger partial charge on any atom is 0.246 e. The lowest BCUT2D eigenvalue weighted by Crippen LogP contribution is -2.53. The molecule has 0 bridgehead atoms. The summed E-state index contributed by atoms with van der Waals surface area (Å²) in [5.74, 6) is -0.00403. The van der Waals surface area contributed by atoms with E-state index in [-0.39, 0.29) is 24.2 Å². The number of amides is 2. The van der Waals surface area contributed by atoms with Gasteiger partial charge in [-0.05, 0) is 37.7 Å². The lowest BCUT2D eigenvalue weighted by atomic mass is 9.88. The molecule has 1 fully saturated rings. The number of nitrogens with two attached hydrogens (primary N) is 2. The van der Waals surface area contributed by atoms with Gasteiger partial charge in [0.05, 0.1) is 0 Å². The number of primary amides is 1. The molecule has 2 unspecified atom stereocenters. The summed E-state index contributed by atoms with van der Waals surface area (Å²) in [5, 5.41) is 0. The number of rotatable bonds is 5. The molecule has 0 radical (unpaired) electrons. The van der Waals surface area contributed by atoms with Gasteiger partial charge in [-0.25, -0.2) is 0 Å². The topological polar surface area (TPSA) is 89.4 Å². The highest BCUT2D eigenvalue weighted by Crippen LogP contribution is 2.26. The third-order valence-corrected chi connectivity index (χ3v) is 4.42. The molecule has 2 atom stereocenters. The Morgan fingerprint density at radius 1 is 1.30 bits per heavy atom. The van der Waals surface area contributed by atoms with Crippen LogP contribution in [0.25, 0.3) is 0 Å². The molecule has 5 nitrogen and oxygen atoms in total. The maximum atomic E-state index is 12.8. The first-order valence-corrected chi connectivity index (χ1v) is 7.83. The second kappa shape index (κ2) is 8.31. The number of likely N-dealkylation sites (tertiary alicyclic amines) is 1. The lowest BCUT2D eigenvalue weighted by molar-refractivity contribution is -0.138. The highest BCUT2D eigenvalue weighted by molar-refractivity contribution is 5.87. The molecule has 0 spiro atoms. The molecule has 0 aromatic heterocycles. The first-order valence-electron chi connectivity index (χ1n) is 7.83. The number of carbonyl (C=O) groups is 2. The molecule has 1 heterocycles. The molecule has 1 aliphatic rings. The monoisotopic (exact) mass is 339 g/mol. The smallest absolute Gasteiger partial charge is 0.246 e. The summed E-state index contributed by atoms with van der Waals surface area (Å²) >= 11 is 0. The van der Waals surface area contributed by atoms with Crippen molar-refractivity contribution in [2.45, 2.75) is 38.1 Å². The highest BCUT2D eigenvalue weighted by Gasteiger charge is 2.36. The van der Waals surface area contributed by atoms with Gasteiger partial charge in [-0.2, -0.15) is 0 Å². The van der Waals surface area contributed by atoms with Crippen molar-refractivity contribution in [2.24, 2.45) is 17.4 Å². The van der Waals surface area contributed by atoms with Crippen LogP contribution in [0.3, 0.4) is 0 Å². The molecular weight excluding hydrogens is 314 g/mol. The van der Waals surface area contributed by atoms with Gasteiger partial charge in [-0.1, -0.05) is 30.3 Å². The molecule has 6 heteroatoms. The van der Waals surface area contributed by atoms with E-state index in [9.17, 15) is 9.59 Å². The van der Waals surface area contributed by atoms with E-state index in [0.29, 0.717) is 18.9 Å². The van der Waals surface area contributed by atoms with Crippen molar-refractivity contribution in [1.29, 1.82) is 0 Å². The number of nitrogens with zero attached hydrogens (tertiary/aromatic N) is 1. The van der Waals surface area contributed by atoms with Crippen LogP contribution < -0.4 is 11.5 Å². The summed E-state index contributed by atoms with van der Waals surface area (Å²) in [6.07, 6.45) is 3.10. The summed E-state index contributed by atoms with van der Waals surface area (Å²) in [4.78, 5) is 25.6. The third-order valence-electron chi connectivity index (χ3n) is 4.42. The van der Waals surface area contributed by atoms with Crippen LogP contribution in [0.15, 0.2) is 30.3 Å². The fraction of sp³-hybridized carbons (Fsp3) is 0.529. The van der Waals surface area contributed by atoms with Gasteiger partial charge in [0.15, 0.2) is 0 Å². The van der Waals surface area contributed by atoms with Crippen LogP contribution >= 0.6 is 12.4 Å². The Morgan fingerprint density at radius 3 is 2.57 bits per heavy atom. The van der Waals surface area contributed by atoms with Crippen molar-refractivity contribution in [3.8, 4) is 0 Å². The molecule has 23 heavy (non-hydrogen) atoms. The van der Waals surface area contributed by atoms with Crippen LogP contribution in [0.1, 0.15) is 38.2 Å². The van der Waals surface area contributed by atoms with Crippen LogP contribution in [-0.4, -0.2) is 29.8 Å². The zero-order valence-electron chi connectivity index (χ0n) is 13.5. The van der Waals surface area contributed by atoms with Crippen LogP contribution in [0, 0.1) is 5.92 Å². The first kappa shape index (κ1) is 19.5. The Balaban J connectivity index is 0.00000264. The van der Waals surface area contributed by atoms with Crippen LogP contribution in [0.4, 0.5) is 0 Å². The summed E-state index contributed by atoms with van der Waals surface area (Å²) in [6.45, 7) is 3.15. The minimum atomic E-state index is -1.02. The van der Waals surface area contributed by atoms with E-state index in [1.165, 1.54) is 0 Å².